The lowest BCUT2D eigenvalue weighted by atomic mass is 10.2. The molecule has 2 aliphatic carbocycles. The molecule has 29 heavy (non-hydrogen) atoms. The quantitative estimate of drug-likeness (QED) is 0.686. The fourth-order valence-electron chi connectivity index (χ4n) is 3.34. The van der Waals surface area contributed by atoms with E-state index in [9.17, 15) is 9.59 Å². The van der Waals surface area contributed by atoms with Gasteiger partial charge in [-0.25, -0.2) is 0 Å². The normalized spacial score (nSPS) is 15.8. The summed E-state index contributed by atoms with van der Waals surface area (Å²) in [4.78, 5) is 27.1. The highest BCUT2D eigenvalue weighted by Crippen LogP contribution is 2.28. The maximum Gasteiger partial charge on any atom is 0.251 e. The van der Waals surface area contributed by atoms with Crippen LogP contribution in [-0.4, -0.2) is 42.5 Å². The Hall–Kier alpha value is -2.86. The molecule has 2 aliphatic rings. The van der Waals surface area contributed by atoms with E-state index in [4.69, 9.17) is 4.74 Å². The first-order chi connectivity index (χ1) is 14.1. The van der Waals surface area contributed by atoms with Crippen LogP contribution in [0.2, 0.25) is 0 Å². The molecule has 2 amide bonds. The van der Waals surface area contributed by atoms with Gasteiger partial charge in [-0.05, 0) is 61.6 Å². The number of methoxy groups -OCH3 is 1. The lowest BCUT2D eigenvalue weighted by Crippen LogP contribution is -2.34. The molecule has 2 saturated carbocycles. The molecule has 2 aromatic carbocycles. The summed E-state index contributed by atoms with van der Waals surface area (Å²) in [5, 5.41) is 5.92. The SMILES string of the molecule is COc1ccc(CN(CC(=O)Nc2cccc(C(=O)NC3CC3)c2)C2CC2)cc1. The molecule has 0 saturated heterocycles. The van der Waals surface area contributed by atoms with Gasteiger partial charge in [0.15, 0.2) is 0 Å². The number of nitrogens with zero attached hydrogens (tertiary/aromatic N) is 1. The molecular formula is C23H27N3O3. The molecule has 0 aromatic heterocycles. The Kier molecular flexibility index (Phi) is 5.81. The minimum absolute atomic E-state index is 0.0647. The lowest BCUT2D eigenvalue weighted by molar-refractivity contribution is -0.117. The second kappa shape index (κ2) is 8.66. The summed E-state index contributed by atoms with van der Waals surface area (Å²) in [6.45, 7) is 1.06. The molecule has 6 nitrogen and oxygen atoms in total. The first kappa shape index (κ1) is 19.5. The van der Waals surface area contributed by atoms with Crippen LogP contribution < -0.4 is 15.4 Å². The second-order valence-electron chi connectivity index (χ2n) is 7.86. The Morgan fingerprint density at radius 3 is 2.48 bits per heavy atom. The Morgan fingerprint density at radius 2 is 1.83 bits per heavy atom. The molecule has 0 spiro atoms. The van der Waals surface area contributed by atoms with E-state index in [0.29, 0.717) is 29.9 Å². The number of anilines is 1. The van der Waals surface area contributed by atoms with Crippen molar-refractivity contribution in [3.05, 3.63) is 59.7 Å². The number of hydrogen-bond donors (Lipinski definition) is 2. The molecule has 0 bridgehead atoms. The zero-order valence-corrected chi connectivity index (χ0v) is 16.7. The van der Waals surface area contributed by atoms with Gasteiger partial charge in [-0.2, -0.15) is 0 Å². The summed E-state index contributed by atoms with van der Waals surface area (Å²) >= 11 is 0. The van der Waals surface area contributed by atoms with Crippen molar-refractivity contribution in [3.63, 3.8) is 0 Å². The van der Waals surface area contributed by atoms with Crippen LogP contribution >= 0.6 is 0 Å². The molecule has 2 aromatic rings. The van der Waals surface area contributed by atoms with E-state index in [0.717, 1.165) is 43.5 Å². The highest BCUT2D eigenvalue weighted by Gasteiger charge is 2.30. The van der Waals surface area contributed by atoms with E-state index in [1.807, 2.05) is 30.3 Å². The van der Waals surface area contributed by atoms with Crippen molar-refractivity contribution in [2.24, 2.45) is 0 Å². The van der Waals surface area contributed by atoms with E-state index in [-0.39, 0.29) is 11.8 Å². The third kappa shape index (κ3) is 5.57. The highest BCUT2D eigenvalue weighted by molar-refractivity contribution is 5.97. The standard InChI is InChI=1S/C23H27N3O3/c1-29-21-11-5-16(6-12-21)14-26(20-9-10-20)15-22(27)24-19-4-2-3-17(13-19)23(28)25-18-7-8-18/h2-6,11-13,18,20H,7-10,14-15H2,1H3,(H,24,27)(H,25,28). The van der Waals surface area contributed by atoms with Crippen molar-refractivity contribution in [1.82, 2.24) is 10.2 Å². The number of ether oxygens (including phenoxy) is 1. The molecule has 0 radical (unpaired) electrons. The molecule has 0 unspecified atom stereocenters. The maximum absolute atomic E-state index is 12.6. The third-order valence-corrected chi connectivity index (χ3v) is 5.28. The van der Waals surface area contributed by atoms with Gasteiger partial charge in [-0.1, -0.05) is 18.2 Å². The van der Waals surface area contributed by atoms with Crippen molar-refractivity contribution in [2.45, 2.75) is 44.3 Å². The molecule has 2 fully saturated rings. The molecule has 6 heteroatoms. The first-order valence-corrected chi connectivity index (χ1v) is 10.2. The van der Waals surface area contributed by atoms with Gasteiger partial charge in [0.1, 0.15) is 5.75 Å². The number of rotatable bonds is 9. The van der Waals surface area contributed by atoms with Crippen LogP contribution in [-0.2, 0) is 11.3 Å². The van der Waals surface area contributed by atoms with Gasteiger partial charge in [0.05, 0.1) is 13.7 Å². The van der Waals surface area contributed by atoms with E-state index in [1.165, 1.54) is 0 Å². The van der Waals surface area contributed by atoms with Crippen LogP contribution in [0.4, 0.5) is 5.69 Å². The summed E-state index contributed by atoms with van der Waals surface area (Å²) in [6.07, 6.45) is 4.35. The smallest absolute Gasteiger partial charge is 0.251 e. The predicted molar refractivity (Wildman–Crippen MR) is 112 cm³/mol. The monoisotopic (exact) mass is 393 g/mol. The zero-order chi connectivity index (χ0) is 20.2. The van der Waals surface area contributed by atoms with Gasteiger partial charge in [0, 0.05) is 29.9 Å². The number of carbonyl (C=O) groups is 2. The van der Waals surface area contributed by atoms with Gasteiger partial charge in [-0.15, -0.1) is 0 Å². The number of amides is 2. The molecule has 152 valence electrons. The number of carbonyl (C=O) groups excluding carboxylic acids is 2. The minimum atomic E-state index is -0.0808. The van der Waals surface area contributed by atoms with Crippen LogP contribution in [0.15, 0.2) is 48.5 Å². The average molecular weight is 393 g/mol. The van der Waals surface area contributed by atoms with Gasteiger partial charge in [0.25, 0.3) is 5.91 Å². The fraction of sp³-hybridized carbons (Fsp3) is 0.391. The number of benzene rings is 2. The second-order valence-corrected chi connectivity index (χ2v) is 7.86. The van der Waals surface area contributed by atoms with Crippen LogP contribution in [0.5, 0.6) is 5.75 Å². The predicted octanol–water partition coefficient (Wildman–Crippen LogP) is 3.19. The van der Waals surface area contributed by atoms with Crippen molar-refractivity contribution in [2.75, 3.05) is 19.0 Å². The van der Waals surface area contributed by atoms with E-state index < -0.39 is 0 Å². The van der Waals surface area contributed by atoms with Crippen LogP contribution in [0, 0.1) is 0 Å². The summed E-state index contributed by atoms with van der Waals surface area (Å²) in [5.74, 6) is 0.683. The molecule has 0 heterocycles. The van der Waals surface area contributed by atoms with Gasteiger partial charge in [-0.3, -0.25) is 14.5 Å². The Morgan fingerprint density at radius 1 is 1.07 bits per heavy atom. The van der Waals surface area contributed by atoms with E-state index >= 15 is 0 Å². The third-order valence-electron chi connectivity index (χ3n) is 5.28. The highest BCUT2D eigenvalue weighted by atomic mass is 16.5. The summed E-state index contributed by atoms with van der Waals surface area (Å²) in [7, 11) is 1.65. The van der Waals surface area contributed by atoms with Gasteiger partial charge >= 0.3 is 0 Å². The van der Waals surface area contributed by atoms with Gasteiger partial charge < -0.3 is 15.4 Å². The number of hydrogen-bond acceptors (Lipinski definition) is 4. The maximum atomic E-state index is 12.6. The van der Waals surface area contributed by atoms with Crippen LogP contribution in [0.25, 0.3) is 0 Å². The minimum Gasteiger partial charge on any atom is -0.497 e. The zero-order valence-electron chi connectivity index (χ0n) is 16.7. The summed E-state index contributed by atoms with van der Waals surface area (Å²) in [5.41, 5.74) is 2.38. The van der Waals surface area contributed by atoms with Crippen molar-refractivity contribution in [3.8, 4) is 5.75 Å². The molecule has 0 atom stereocenters. The average Bonchev–Trinajstić information content (AvgIpc) is 3.62. The van der Waals surface area contributed by atoms with E-state index in [1.54, 1.807) is 25.3 Å². The van der Waals surface area contributed by atoms with Crippen LogP contribution in [0.3, 0.4) is 0 Å². The van der Waals surface area contributed by atoms with Gasteiger partial charge in [0.2, 0.25) is 5.91 Å². The summed E-state index contributed by atoms with van der Waals surface area (Å²) in [6, 6.07) is 15.8. The largest absolute Gasteiger partial charge is 0.497 e. The fourth-order valence-corrected chi connectivity index (χ4v) is 3.34. The lowest BCUT2D eigenvalue weighted by Gasteiger charge is -2.21. The van der Waals surface area contributed by atoms with Crippen molar-refractivity contribution < 1.29 is 14.3 Å². The molecule has 2 N–H and O–H groups in total. The van der Waals surface area contributed by atoms with Crippen LogP contribution in [0.1, 0.15) is 41.6 Å². The van der Waals surface area contributed by atoms with Crippen molar-refractivity contribution in [1.29, 1.82) is 0 Å². The molecular weight excluding hydrogens is 366 g/mol. The first-order valence-electron chi connectivity index (χ1n) is 10.2. The van der Waals surface area contributed by atoms with Crippen molar-refractivity contribution >= 4 is 17.5 Å². The Labute approximate surface area is 171 Å². The molecule has 4 rings (SSSR count). The number of nitrogens with one attached hydrogen (secondary N) is 2. The molecule has 0 aliphatic heterocycles. The topological polar surface area (TPSA) is 70.7 Å². The summed E-state index contributed by atoms with van der Waals surface area (Å²) < 4.78 is 5.21. The Balaban J connectivity index is 1.35. The van der Waals surface area contributed by atoms with E-state index in [2.05, 4.69) is 15.5 Å². The Bertz CT molecular complexity index is 873.